The van der Waals surface area contributed by atoms with Gasteiger partial charge in [-0.2, -0.15) is 0 Å². The highest BCUT2D eigenvalue weighted by Gasteiger charge is 2.39. The van der Waals surface area contributed by atoms with E-state index in [-0.39, 0.29) is 30.6 Å². The molecule has 2 heterocycles. The van der Waals surface area contributed by atoms with Gasteiger partial charge >= 0.3 is 6.36 Å². The van der Waals surface area contributed by atoms with Crippen molar-refractivity contribution in [1.82, 2.24) is 4.90 Å². The minimum absolute atomic E-state index is 0.0471. The third kappa shape index (κ3) is 4.46. The highest BCUT2D eigenvalue weighted by atomic mass is 19.4. The Morgan fingerprint density at radius 2 is 1.92 bits per heavy atom. The van der Waals surface area contributed by atoms with Crippen molar-refractivity contribution < 1.29 is 32.2 Å². The average molecular weight is 372 g/mol. The number of nitrogens with zero attached hydrogens (tertiary/aromatic N) is 1. The molecule has 2 aliphatic rings. The van der Waals surface area contributed by atoms with Crippen LogP contribution in [0.3, 0.4) is 0 Å². The van der Waals surface area contributed by atoms with Crippen LogP contribution in [-0.4, -0.2) is 48.9 Å². The number of benzene rings is 1. The molecule has 0 spiro atoms. The van der Waals surface area contributed by atoms with E-state index < -0.39 is 23.9 Å². The van der Waals surface area contributed by atoms with Crippen molar-refractivity contribution in [2.45, 2.75) is 31.7 Å². The molecule has 0 aliphatic carbocycles. The summed E-state index contributed by atoms with van der Waals surface area (Å²) in [5.41, 5.74) is -0.0770. The number of likely N-dealkylation sites (tertiary alicyclic amines) is 1. The molecule has 0 radical (unpaired) electrons. The number of carbonyl (C=O) groups excluding carboxylic acids is 2. The van der Waals surface area contributed by atoms with Crippen molar-refractivity contribution in [3.63, 3.8) is 0 Å². The van der Waals surface area contributed by atoms with Gasteiger partial charge in [0.25, 0.3) is 0 Å². The maximum atomic E-state index is 12.5. The van der Waals surface area contributed by atoms with E-state index in [4.69, 9.17) is 4.74 Å². The Hall–Kier alpha value is -2.29. The molecule has 2 aliphatic heterocycles. The Balaban J connectivity index is 1.65. The second kappa shape index (κ2) is 7.53. The van der Waals surface area contributed by atoms with Crippen LogP contribution in [0.1, 0.15) is 19.3 Å². The lowest BCUT2D eigenvalue weighted by atomic mass is 10.1. The van der Waals surface area contributed by atoms with E-state index in [1.54, 1.807) is 4.90 Å². The minimum atomic E-state index is -4.86. The first-order chi connectivity index (χ1) is 12.3. The van der Waals surface area contributed by atoms with Crippen LogP contribution in [0.25, 0.3) is 0 Å². The van der Waals surface area contributed by atoms with Gasteiger partial charge in [0, 0.05) is 32.2 Å². The number of hydrogen-bond acceptors (Lipinski definition) is 4. The Labute approximate surface area is 148 Å². The average Bonchev–Trinajstić information content (AvgIpc) is 2.98. The molecule has 2 fully saturated rings. The third-order valence-corrected chi connectivity index (χ3v) is 4.53. The number of amides is 2. The van der Waals surface area contributed by atoms with Gasteiger partial charge in [-0.15, -0.1) is 13.2 Å². The number of para-hydroxylation sites is 2. The molecule has 142 valence electrons. The van der Waals surface area contributed by atoms with Gasteiger partial charge in [0.2, 0.25) is 11.8 Å². The van der Waals surface area contributed by atoms with Crippen LogP contribution in [0.2, 0.25) is 0 Å². The summed E-state index contributed by atoms with van der Waals surface area (Å²) < 4.78 is 46.6. The number of halogens is 3. The van der Waals surface area contributed by atoms with Gasteiger partial charge in [-0.1, -0.05) is 12.1 Å². The zero-order valence-electron chi connectivity index (χ0n) is 13.9. The molecule has 1 aromatic carbocycles. The molecule has 0 saturated carbocycles. The Morgan fingerprint density at radius 1 is 1.23 bits per heavy atom. The molecule has 6 nitrogen and oxygen atoms in total. The Kier molecular flexibility index (Phi) is 5.36. The zero-order valence-corrected chi connectivity index (χ0v) is 13.9. The lowest BCUT2D eigenvalue weighted by Gasteiger charge is -2.31. The molecule has 0 bridgehead atoms. The van der Waals surface area contributed by atoms with Gasteiger partial charge in [0.05, 0.1) is 11.6 Å². The van der Waals surface area contributed by atoms with Gasteiger partial charge < -0.3 is 19.7 Å². The summed E-state index contributed by atoms with van der Waals surface area (Å²) in [7, 11) is 0. The van der Waals surface area contributed by atoms with E-state index in [0.29, 0.717) is 13.2 Å². The topological polar surface area (TPSA) is 67.9 Å². The van der Waals surface area contributed by atoms with Gasteiger partial charge in [0.1, 0.15) is 0 Å². The van der Waals surface area contributed by atoms with Crippen LogP contribution in [0, 0.1) is 5.92 Å². The largest absolute Gasteiger partial charge is 0.573 e. The second-order valence-corrected chi connectivity index (χ2v) is 6.32. The van der Waals surface area contributed by atoms with Crippen molar-refractivity contribution in [2.24, 2.45) is 5.92 Å². The summed E-state index contributed by atoms with van der Waals surface area (Å²) in [4.78, 5) is 26.4. The standard InChI is InChI=1S/C17H19F3N2O4/c18-17(19,20)26-14-4-2-1-3-13(14)21-16(24)11-9-15(23)22(10-11)12-5-7-25-8-6-12/h1-4,11-12H,5-10H2,(H,21,24). The lowest BCUT2D eigenvalue weighted by Crippen LogP contribution is -2.41. The number of carbonyl (C=O) groups is 2. The first-order valence-electron chi connectivity index (χ1n) is 8.36. The minimum Gasteiger partial charge on any atom is -0.404 e. The van der Waals surface area contributed by atoms with E-state index in [9.17, 15) is 22.8 Å². The molecule has 0 aromatic heterocycles. The fraction of sp³-hybridized carbons (Fsp3) is 0.529. The monoisotopic (exact) mass is 372 g/mol. The molecule has 1 unspecified atom stereocenters. The summed E-state index contributed by atoms with van der Waals surface area (Å²) in [6.07, 6.45) is -3.36. The molecule has 2 amide bonds. The summed E-state index contributed by atoms with van der Waals surface area (Å²) in [6, 6.07) is 5.37. The van der Waals surface area contributed by atoms with Crippen LogP contribution in [-0.2, 0) is 14.3 Å². The van der Waals surface area contributed by atoms with Crippen LogP contribution in [0.15, 0.2) is 24.3 Å². The number of alkyl halides is 3. The highest BCUT2D eigenvalue weighted by Crippen LogP contribution is 2.31. The number of nitrogens with one attached hydrogen (secondary N) is 1. The fourth-order valence-corrected chi connectivity index (χ4v) is 3.28. The van der Waals surface area contributed by atoms with Crippen LogP contribution in [0.4, 0.5) is 18.9 Å². The SMILES string of the molecule is O=C(Nc1ccccc1OC(F)(F)F)C1CC(=O)N(C2CCOCC2)C1. The summed E-state index contributed by atoms with van der Waals surface area (Å²) in [5, 5.41) is 2.45. The normalized spacial score (nSPS) is 21.7. The third-order valence-electron chi connectivity index (χ3n) is 4.53. The quantitative estimate of drug-likeness (QED) is 0.882. The van der Waals surface area contributed by atoms with E-state index >= 15 is 0 Å². The summed E-state index contributed by atoms with van der Waals surface area (Å²) in [5.74, 6) is -1.70. The first-order valence-corrected chi connectivity index (χ1v) is 8.36. The predicted molar refractivity (Wildman–Crippen MR) is 85.4 cm³/mol. The Morgan fingerprint density at radius 3 is 2.62 bits per heavy atom. The zero-order chi connectivity index (χ0) is 18.7. The number of ether oxygens (including phenoxy) is 2. The predicted octanol–water partition coefficient (Wildman–Crippen LogP) is 2.55. The van der Waals surface area contributed by atoms with Gasteiger partial charge in [-0.25, -0.2) is 0 Å². The molecule has 1 atom stereocenters. The Bertz CT molecular complexity index is 674. The van der Waals surface area contributed by atoms with Crippen molar-refractivity contribution in [3.8, 4) is 5.75 Å². The molecular formula is C17H19F3N2O4. The van der Waals surface area contributed by atoms with Crippen molar-refractivity contribution in [1.29, 1.82) is 0 Å². The number of hydrogen-bond donors (Lipinski definition) is 1. The maximum Gasteiger partial charge on any atom is 0.573 e. The molecular weight excluding hydrogens is 353 g/mol. The van der Waals surface area contributed by atoms with Crippen LogP contribution >= 0.6 is 0 Å². The van der Waals surface area contributed by atoms with E-state index in [1.165, 1.54) is 18.2 Å². The van der Waals surface area contributed by atoms with E-state index in [1.807, 2.05) is 0 Å². The van der Waals surface area contributed by atoms with Crippen LogP contribution in [0.5, 0.6) is 5.75 Å². The fourth-order valence-electron chi connectivity index (χ4n) is 3.28. The van der Waals surface area contributed by atoms with Crippen molar-refractivity contribution in [3.05, 3.63) is 24.3 Å². The molecule has 9 heteroatoms. The molecule has 1 N–H and O–H groups in total. The van der Waals surface area contributed by atoms with Gasteiger partial charge in [-0.05, 0) is 25.0 Å². The molecule has 3 rings (SSSR count). The molecule has 1 aromatic rings. The second-order valence-electron chi connectivity index (χ2n) is 6.32. The maximum absolute atomic E-state index is 12.5. The van der Waals surface area contributed by atoms with Crippen LogP contribution < -0.4 is 10.1 Å². The van der Waals surface area contributed by atoms with Gasteiger partial charge in [0.15, 0.2) is 5.75 Å². The lowest BCUT2D eigenvalue weighted by molar-refractivity contribution is -0.274. The van der Waals surface area contributed by atoms with E-state index in [2.05, 4.69) is 10.1 Å². The highest BCUT2D eigenvalue weighted by molar-refractivity contribution is 5.98. The van der Waals surface area contributed by atoms with Crippen molar-refractivity contribution in [2.75, 3.05) is 25.1 Å². The van der Waals surface area contributed by atoms with E-state index in [0.717, 1.165) is 18.9 Å². The number of rotatable bonds is 4. The number of anilines is 1. The molecule has 2 saturated heterocycles. The molecule has 26 heavy (non-hydrogen) atoms. The summed E-state index contributed by atoms with van der Waals surface area (Å²) in [6.45, 7) is 1.42. The smallest absolute Gasteiger partial charge is 0.404 e. The summed E-state index contributed by atoms with van der Waals surface area (Å²) >= 11 is 0. The first kappa shape index (κ1) is 18.5. The van der Waals surface area contributed by atoms with Gasteiger partial charge in [-0.3, -0.25) is 9.59 Å². The van der Waals surface area contributed by atoms with Crippen molar-refractivity contribution >= 4 is 17.5 Å².